The molecule has 2 N–H and O–H groups in total. The van der Waals surface area contributed by atoms with E-state index in [0.29, 0.717) is 19.4 Å². The first-order chi connectivity index (χ1) is 5.24. The highest BCUT2D eigenvalue weighted by Gasteiger charge is 2.26. The summed E-state index contributed by atoms with van der Waals surface area (Å²) in [5, 5.41) is 5.24. The SMILES string of the molecule is CCNC(=O)[C@@H]1CCC(=O)N1. The molecular formula is C7H12N2O2. The van der Waals surface area contributed by atoms with Crippen molar-refractivity contribution in [2.45, 2.75) is 25.8 Å². The summed E-state index contributed by atoms with van der Waals surface area (Å²) in [7, 11) is 0. The van der Waals surface area contributed by atoms with Gasteiger partial charge in [-0.05, 0) is 13.3 Å². The fraction of sp³-hybridized carbons (Fsp3) is 0.714. The van der Waals surface area contributed by atoms with Gasteiger partial charge in [0.05, 0.1) is 0 Å². The van der Waals surface area contributed by atoms with E-state index in [1.807, 2.05) is 6.92 Å². The van der Waals surface area contributed by atoms with Gasteiger partial charge in [-0.3, -0.25) is 9.59 Å². The summed E-state index contributed by atoms with van der Waals surface area (Å²) < 4.78 is 0. The molecule has 1 rings (SSSR count). The summed E-state index contributed by atoms with van der Waals surface area (Å²) in [6.07, 6.45) is 1.10. The largest absolute Gasteiger partial charge is 0.355 e. The second-order valence-corrected chi connectivity index (χ2v) is 2.55. The van der Waals surface area contributed by atoms with Crippen LogP contribution in [0, 0.1) is 0 Å². The normalized spacial score (nSPS) is 23.0. The Labute approximate surface area is 65.3 Å². The Morgan fingerprint density at radius 2 is 2.55 bits per heavy atom. The number of likely N-dealkylation sites (N-methyl/N-ethyl adjacent to an activating group) is 1. The second kappa shape index (κ2) is 3.37. The quantitative estimate of drug-likeness (QED) is 0.561. The molecule has 1 fully saturated rings. The van der Waals surface area contributed by atoms with Crippen molar-refractivity contribution in [3.8, 4) is 0 Å². The Morgan fingerprint density at radius 3 is 3.00 bits per heavy atom. The molecule has 4 heteroatoms. The van der Waals surface area contributed by atoms with E-state index >= 15 is 0 Å². The molecular weight excluding hydrogens is 144 g/mol. The molecule has 11 heavy (non-hydrogen) atoms. The lowest BCUT2D eigenvalue weighted by molar-refractivity contribution is -0.125. The Balaban J connectivity index is 2.37. The van der Waals surface area contributed by atoms with Crippen molar-refractivity contribution in [3.63, 3.8) is 0 Å². The molecule has 0 bridgehead atoms. The minimum Gasteiger partial charge on any atom is -0.355 e. The predicted octanol–water partition coefficient (Wildman–Crippen LogP) is -0.599. The van der Waals surface area contributed by atoms with Crippen LogP contribution < -0.4 is 10.6 Å². The molecule has 1 heterocycles. The summed E-state index contributed by atoms with van der Waals surface area (Å²) in [4.78, 5) is 21.7. The second-order valence-electron chi connectivity index (χ2n) is 2.55. The maximum absolute atomic E-state index is 11.1. The molecule has 1 atom stereocenters. The van der Waals surface area contributed by atoms with Gasteiger partial charge >= 0.3 is 0 Å². The highest BCUT2D eigenvalue weighted by Crippen LogP contribution is 2.05. The first-order valence-corrected chi connectivity index (χ1v) is 3.81. The van der Waals surface area contributed by atoms with Gasteiger partial charge in [-0.25, -0.2) is 0 Å². The van der Waals surface area contributed by atoms with Gasteiger partial charge in [0.25, 0.3) is 0 Å². The lowest BCUT2D eigenvalue weighted by atomic mass is 10.2. The van der Waals surface area contributed by atoms with Crippen LogP contribution in [0.1, 0.15) is 19.8 Å². The number of amides is 2. The van der Waals surface area contributed by atoms with Crippen LogP contribution in [0.4, 0.5) is 0 Å². The van der Waals surface area contributed by atoms with Gasteiger partial charge in [-0.2, -0.15) is 0 Å². The van der Waals surface area contributed by atoms with Crippen LogP contribution in [0.2, 0.25) is 0 Å². The molecule has 0 radical (unpaired) electrons. The van der Waals surface area contributed by atoms with Gasteiger partial charge in [-0.15, -0.1) is 0 Å². The van der Waals surface area contributed by atoms with E-state index in [4.69, 9.17) is 0 Å². The fourth-order valence-electron chi connectivity index (χ4n) is 1.11. The summed E-state index contributed by atoms with van der Waals surface area (Å²) in [6, 6.07) is -0.289. The zero-order valence-corrected chi connectivity index (χ0v) is 6.52. The first kappa shape index (κ1) is 8.04. The zero-order valence-electron chi connectivity index (χ0n) is 6.52. The topological polar surface area (TPSA) is 58.2 Å². The van der Waals surface area contributed by atoms with Gasteiger partial charge in [0, 0.05) is 13.0 Å². The molecule has 4 nitrogen and oxygen atoms in total. The smallest absolute Gasteiger partial charge is 0.242 e. The molecule has 0 aromatic carbocycles. The van der Waals surface area contributed by atoms with Crippen LogP contribution in [0.15, 0.2) is 0 Å². The Bertz CT molecular complexity index is 179. The van der Waals surface area contributed by atoms with Crippen molar-refractivity contribution in [2.75, 3.05) is 6.54 Å². The third kappa shape index (κ3) is 1.93. The first-order valence-electron chi connectivity index (χ1n) is 3.81. The van der Waals surface area contributed by atoms with Crippen LogP contribution >= 0.6 is 0 Å². The predicted molar refractivity (Wildman–Crippen MR) is 39.8 cm³/mol. The van der Waals surface area contributed by atoms with Gasteiger partial charge in [0.15, 0.2) is 0 Å². The number of hydrogen-bond acceptors (Lipinski definition) is 2. The van der Waals surface area contributed by atoms with Crippen LogP contribution in [-0.4, -0.2) is 24.4 Å². The van der Waals surface area contributed by atoms with Gasteiger partial charge in [0.1, 0.15) is 6.04 Å². The van der Waals surface area contributed by atoms with Crippen molar-refractivity contribution >= 4 is 11.8 Å². The minimum absolute atomic E-state index is 0.0266. The molecule has 0 aliphatic carbocycles. The van der Waals surface area contributed by atoms with Crippen molar-refractivity contribution in [2.24, 2.45) is 0 Å². The molecule has 0 unspecified atom stereocenters. The van der Waals surface area contributed by atoms with Gasteiger partial charge in [0.2, 0.25) is 11.8 Å². The van der Waals surface area contributed by atoms with E-state index in [2.05, 4.69) is 10.6 Å². The highest BCUT2D eigenvalue weighted by molar-refractivity contribution is 5.90. The molecule has 2 amide bonds. The Morgan fingerprint density at radius 1 is 1.82 bits per heavy atom. The van der Waals surface area contributed by atoms with Gasteiger partial charge < -0.3 is 10.6 Å². The van der Waals surface area contributed by atoms with Crippen molar-refractivity contribution in [3.05, 3.63) is 0 Å². The van der Waals surface area contributed by atoms with Crippen molar-refractivity contribution in [1.82, 2.24) is 10.6 Å². The van der Waals surface area contributed by atoms with E-state index in [0.717, 1.165) is 0 Å². The summed E-state index contributed by atoms with van der Waals surface area (Å²) in [5.74, 6) is -0.0976. The highest BCUT2D eigenvalue weighted by atomic mass is 16.2. The van der Waals surface area contributed by atoms with E-state index in [9.17, 15) is 9.59 Å². The third-order valence-electron chi connectivity index (χ3n) is 1.66. The maximum Gasteiger partial charge on any atom is 0.242 e. The fourth-order valence-corrected chi connectivity index (χ4v) is 1.11. The van der Waals surface area contributed by atoms with Crippen LogP contribution in [-0.2, 0) is 9.59 Å². The van der Waals surface area contributed by atoms with Crippen LogP contribution in [0.25, 0.3) is 0 Å². The molecule has 1 saturated heterocycles. The Hall–Kier alpha value is -1.06. The molecule has 0 spiro atoms. The van der Waals surface area contributed by atoms with Gasteiger partial charge in [-0.1, -0.05) is 0 Å². The van der Waals surface area contributed by atoms with Crippen LogP contribution in [0.5, 0.6) is 0 Å². The van der Waals surface area contributed by atoms with Crippen LogP contribution in [0.3, 0.4) is 0 Å². The lowest BCUT2D eigenvalue weighted by Gasteiger charge is -2.08. The number of carbonyl (C=O) groups is 2. The van der Waals surface area contributed by atoms with E-state index in [1.54, 1.807) is 0 Å². The van der Waals surface area contributed by atoms with Crippen molar-refractivity contribution < 1.29 is 9.59 Å². The van der Waals surface area contributed by atoms with E-state index in [-0.39, 0.29) is 17.9 Å². The third-order valence-corrected chi connectivity index (χ3v) is 1.66. The molecule has 0 aromatic heterocycles. The number of hydrogen-bond donors (Lipinski definition) is 2. The Kier molecular flexibility index (Phi) is 2.46. The maximum atomic E-state index is 11.1. The number of carbonyl (C=O) groups excluding carboxylic acids is 2. The molecule has 1 aliphatic heterocycles. The standard InChI is InChI=1S/C7H12N2O2/c1-2-8-7(11)5-3-4-6(10)9-5/h5H,2-4H2,1H3,(H,8,11)(H,9,10)/t5-/m0/s1. The van der Waals surface area contributed by atoms with E-state index < -0.39 is 0 Å². The minimum atomic E-state index is -0.289. The number of rotatable bonds is 2. The summed E-state index contributed by atoms with van der Waals surface area (Å²) in [5.41, 5.74) is 0. The average Bonchev–Trinajstić information content (AvgIpc) is 2.36. The molecule has 1 aliphatic rings. The molecule has 62 valence electrons. The van der Waals surface area contributed by atoms with Crippen molar-refractivity contribution in [1.29, 1.82) is 0 Å². The summed E-state index contributed by atoms with van der Waals surface area (Å²) in [6.45, 7) is 2.47. The lowest BCUT2D eigenvalue weighted by Crippen LogP contribution is -2.41. The summed E-state index contributed by atoms with van der Waals surface area (Å²) >= 11 is 0. The monoisotopic (exact) mass is 156 g/mol. The number of nitrogens with one attached hydrogen (secondary N) is 2. The zero-order chi connectivity index (χ0) is 8.27. The van der Waals surface area contributed by atoms with E-state index in [1.165, 1.54) is 0 Å². The molecule has 0 saturated carbocycles. The molecule has 0 aromatic rings. The average molecular weight is 156 g/mol.